The van der Waals surface area contributed by atoms with E-state index >= 15 is 0 Å². The first kappa shape index (κ1) is 54.5. The molecule has 21 nitrogen and oxygen atoms in total. The molecule has 0 fully saturated rings. The second kappa shape index (κ2) is 23.4. The molecule has 0 bridgehead atoms. The molecule has 0 saturated heterocycles. The highest BCUT2D eigenvalue weighted by Crippen LogP contribution is 2.47. The quantitative estimate of drug-likeness (QED) is 0.0929. The first-order valence-electron chi connectivity index (χ1n) is 27.4. The molecular weight excluding hydrogens is 1080 g/mol. The summed E-state index contributed by atoms with van der Waals surface area (Å²) >= 11 is 0. The zero-order valence-corrected chi connectivity index (χ0v) is 46.5. The van der Waals surface area contributed by atoms with Gasteiger partial charge in [0.2, 0.25) is 5.95 Å². The van der Waals surface area contributed by atoms with Crippen molar-refractivity contribution in [2.75, 3.05) is 35.8 Å². The number of ether oxygens (including phenoxy) is 3. The number of H-pyrrole nitrogens is 1. The molecule has 5 heterocycles. The van der Waals surface area contributed by atoms with Crippen LogP contribution >= 0.6 is 0 Å². The van der Waals surface area contributed by atoms with Crippen LogP contribution in [0.1, 0.15) is 71.0 Å². The Morgan fingerprint density at radius 3 is 1.33 bits per heavy atom. The number of aromatic nitrogens is 10. The van der Waals surface area contributed by atoms with Crippen molar-refractivity contribution in [3.05, 3.63) is 231 Å². The van der Waals surface area contributed by atoms with Crippen LogP contribution in [0.3, 0.4) is 0 Å². The van der Waals surface area contributed by atoms with E-state index in [1.165, 1.54) is 50.6 Å². The van der Waals surface area contributed by atoms with Crippen molar-refractivity contribution in [3.63, 3.8) is 0 Å². The fraction of sp³-hybridized carbons (Fsp3) is 0.172. The summed E-state index contributed by atoms with van der Waals surface area (Å²) in [6.07, 6.45) is 4.24. The van der Waals surface area contributed by atoms with Gasteiger partial charge in [-0.25, -0.2) is 39.1 Å². The van der Waals surface area contributed by atoms with E-state index in [1.807, 2.05) is 93.7 Å². The van der Waals surface area contributed by atoms with Gasteiger partial charge in [-0.15, -0.1) is 0 Å². The number of fused-ring (bicyclic) bond motifs is 11. The molecule has 0 aliphatic heterocycles. The lowest BCUT2D eigenvalue weighted by Crippen LogP contribution is -2.26. The first-order valence-corrected chi connectivity index (χ1v) is 27.4. The van der Waals surface area contributed by atoms with Crippen LogP contribution in [0.2, 0.25) is 0 Å². The van der Waals surface area contributed by atoms with E-state index in [4.69, 9.17) is 14.2 Å². The van der Waals surface area contributed by atoms with Crippen molar-refractivity contribution in [1.29, 1.82) is 0 Å². The molecule has 21 heteroatoms. The number of aryl methyl sites for hydroxylation is 2. The van der Waals surface area contributed by atoms with Crippen LogP contribution in [-0.2, 0) is 28.3 Å². The van der Waals surface area contributed by atoms with Crippen molar-refractivity contribution < 1.29 is 28.6 Å². The molecule has 3 aliphatic rings. The van der Waals surface area contributed by atoms with Gasteiger partial charge in [0.15, 0.2) is 28.1 Å². The number of carbonyl (C=O) groups is 3. The minimum atomic E-state index is -0.684. The van der Waals surface area contributed by atoms with Gasteiger partial charge < -0.3 is 23.3 Å². The average Bonchev–Trinajstić information content (AvgIpc) is 2.72. The third-order valence-electron chi connectivity index (χ3n) is 15.2. The maximum atomic E-state index is 12.4. The van der Waals surface area contributed by atoms with E-state index in [1.54, 1.807) is 34.8 Å². The molecule has 3 aliphatic carbocycles. The van der Waals surface area contributed by atoms with Gasteiger partial charge in [0.05, 0.1) is 12.7 Å². The summed E-state index contributed by atoms with van der Waals surface area (Å²) in [7, 11) is 3.55. The summed E-state index contributed by atoms with van der Waals surface area (Å²) in [5.41, 5.74) is 14.9. The monoisotopic (exact) mass is 1130 g/mol. The minimum Gasteiger partial charge on any atom is -0.448 e. The molecule has 85 heavy (non-hydrogen) atoms. The number of hydrogen-bond donors (Lipinski definition) is 4. The third-order valence-corrected chi connectivity index (χ3v) is 15.2. The molecule has 0 saturated carbocycles. The molecule has 0 radical (unpaired) electrons. The number of nitrogens with one attached hydrogen (secondary N) is 4. The Morgan fingerprint density at radius 1 is 0.494 bits per heavy atom. The summed E-state index contributed by atoms with van der Waals surface area (Å²) in [4.78, 5) is 88.1. The second-order valence-corrected chi connectivity index (χ2v) is 20.6. The molecule has 424 valence electrons. The van der Waals surface area contributed by atoms with Crippen LogP contribution in [0.15, 0.2) is 186 Å². The van der Waals surface area contributed by atoms with Crippen molar-refractivity contribution in [2.24, 2.45) is 14.1 Å². The lowest BCUT2D eigenvalue weighted by molar-refractivity contribution is 0.157. The van der Waals surface area contributed by atoms with Gasteiger partial charge in [-0.05, 0) is 86.7 Å². The Balaban J connectivity index is 0.000000125. The summed E-state index contributed by atoms with van der Waals surface area (Å²) in [5.74, 6) is 0.489. The maximum absolute atomic E-state index is 12.4. The Hall–Kier alpha value is -11.1. The number of carbonyl (C=O) groups excluding carboxylic acids is 3. The van der Waals surface area contributed by atoms with E-state index in [2.05, 4.69) is 124 Å². The van der Waals surface area contributed by atoms with E-state index in [0.717, 1.165) is 33.4 Å². The Labute approximate surface area is 485 Å². The predicted molar refractivity (Wildman–Crippen MR) is 320 cm³/mol. The van der Waals surface area contributed by atoms with Gasteiger partial charge in [-0.3, -0.25) is 30.3 Å². The van der Waals surface area contributed by atoms with E-state index in [0.29, 0.717) is 22.6 Å². The molecule has 4 N–H and O–H groups in total. The number of benzene rings is 6. The molecule has 0 atom stereocenters. The summed E-state index contributed by atoms with van der Waals surface area (Å²) in [5, 5.41) is 7.71. The zero-order valence-electron chi connectivity index (χ0n) is 46.5. The fourth-order valence-corrected chi connectivity index (χ4v) is 11.2. The highest BCUT2D eigenvalue weighted by atomic mass is 16.6. The van der Waals surface area contributed by atoms with Crippen LogP contribution in [0.5, 0.6) is 0 Å². The van der Waals surface area contributed by atoms with Crippen LogP contribution < -0.4 is 27.2 Å². The lowest BCUT2D eigenvalue weighted by Gasteiger charge is -2.14. The van der Waals surface area contributed by atoms with Crippen LogP contribution in [0, 0.1) is 0 Å². The first-order chi connectivity index (χ1) is 41.4. The predicted octanol–water partition coefficient (Wildman–Crippen LogP) is 10.9. The average molecular weight is 1130 g/mol. The fourth-order valence-electron chi connectivity index (χ4n) is 11.2. The topological polar surface area (TPSA) is 257 Å². The normalized spacial score (nSPS) is 12.6. The lowest BCUT2D eigenvalue weighted by atomic mass is 9.98. The molecular formula is C64H55N13O8. The molecule has 11 aromatic rings. The van der Waals surface area contributed by atoms with Crippen LogP contribution in [-0.4, -0.2) is 86.7 Å². The molecule has 6 aromatic carbocycles. The second-order valence-electron chi connectivity index (χ2n) is 20.6. The number of aromatic amines is 1. The SMILES string of the molecule is CC(C)n1ccc(NC(=O)OCC2c3ccccc3-c3ccccc32)nc1=O.Cn1cnc2c(=O)[nH]c(NC(=O)OCC3c4ccccc4-c4ccccc43)nc21.Cn1cnc2c(NC(=O)OCC3c4ccccc4-c4ccccc43)ncnc21. The molecule has 0 spiro atoms. The highest BCUT2D eigenvalue weighted by molar-refractivity contribution is 5.93. The number of rotatable bonds is 10. The minimum absolute atomic E-state index is 0.00324. The van der Waals surface area contributed by atoms with Crippen LogP contribution in [0.4, 0.5) is 32.0 Å². The van der Waals surface area contributed by atoms with E-state index < -0.39 is 29.5 Å². The van der Waals surface area contributed by atoms with E-state index in [-0.39, 0.29) is 60.9 Å². The number of hydrogen-bond acceptors (Lipinski definition) is 14. The number of amides is 3. The van der Waals surface area contributed by atoms with Crippen molar-refractivity contribution in [3.8, 4) is 33.4 Å². The number of anilines is 3. The van der Waals surface area contributed by atoms with Gasteiger partial charge in [0.1, 0.15) is 32.0 Å². The largest absolute Gasteiger partial charge is 0.448 e. The molecule has 0 unspecified atom stereocenters. The summed E-state index contributed by atoms with van der Waals surface area (Å²) in [6.45, 7) is 4.42. The highest BCUT2D eigenvalue weighted by Gasteiger charge is 2.32. The van der Waals surface area contributed by atoms with Gasteiger partial charge in [-0.2, -0.15) is 9.97 Å². The Morgan fingerprint density at radius 2 is 0.894 bits per heavy atom. The van der Waals surface area contributed by atoms with Crippen LogP contribution in [0.25, 0.3) is 55.7 Å². The number of nitrogens with zero attached hydrogens (tertiary/aromatic N) is 9. The van der Waals surface area contributed by atoms with Crippen molar-refractivity contribution in [2.45, 2.75) is 37.6 Å². The Kier molecular flexibility index (Phi) is 15.0. The summed E-state index contributed by atoms with van der Waals surface area (Å²) in [6, 6.07) is 50.6. The van der Waals surface area contributed by atoms with Gasteiger partial charge in [-0.1, -0.05) is 146 Å². The standard InChI is InChI=1S/C22H21N3O3.C21H17N5O3.C21H17N5O2/c1-14(2)25-12-11-20(23-21(25)26)24-22(27)28-13-19-17-9-5-3-7-15(17)16-8-4-6-10-18(16)19;1-26-11-22-17-18(26)23-20(24-19(17)27)25-21(28)29-10-16-14-8-4-2-6-12(14)13-7-3-5-9-15(13)16;1-26-12-24-18-19(22-11-23-20(18)26)25-21(27)28-10-17-15-8-4-2-6-13(15)14-7-3-5-9-16(14)17/h3-12,14,19H,13H2,1-2H3,(H,23,24,26,27);2-9,11,16H,10H2,1H3,(H2,23,24,25,27,28);2-9,11-12,17H,10H2,1H3,(H,22,23,25,27). The van der Waals surface area contributed by atoms with Gasteiger partial charge >= 0.3 is 24.0 Å². The molecule has 5 aromatic heterocycles. The number of imidazole rings is 2. The Bertz CT molecular complexity index is 4360. The smallest absolute Gasteiger partial charge is 0.414 e. The van der Waals surface area contributed by atoms with Crippen molar-refractivity contribution in [1.82, 2.24) is 48.6 Å². The van der Waals surface area contributed by atoms with Gasteiger partial charge in [0, 0.05) is 44.1 Å². The van der Waals surface area contributed by atoms with Crippen molar-refractivity contribution >= 4 is 58.2 Å². The zero-order chi connectivity index (χ0) is 58.7. The molecule has 14 rings (SSSR count). The summed E-state index contributed by atoms with van der Waals surface area (Å²) < 4.78 is 21.3. The van der Waals surface area contributed by atoms with E-state index in [9.17, 15) is 24.0 Å². The molecule has 3 amide bonds. The maximum Gasteiger partial charge on any atom is 0.414 e. The van der Waals surface area contributed by atoms with Gasteiger partial charge in [0.25, 0.3) is 5.56 Å². The third kappa shape index (κ3) is 11.0.